The van der Waals surface area contributed by atoms with Gasteiger partial charge in [-0.05, 0) is 36.4 Å². The van der Waals surface area contributed by atoms with Crippen molar-refractivity contribution >= 4 is 33.2 Å². The van der Waals surface area contributed by atoms with Crippen LogP contribution < -0.4 is 10.0 Å². The van der Waals surface area contributed by atoms with Gasteiger partial charge in [-0.2, -0.15) is 13.2 Å². The molecular weight excluding hydrogens is 383 g/mol. The highest BCUT2D eigenvalue weighted by molar-refractivity contribution is 7.89. The number of pyridine rings is 1. The predicted molar refractivity (Wildman–Crippen MR) is 84.9 cm³/mol. The normalized spacial score (nSPS) is 12.0. The Kier molecular flexibility index (Phi) is 5.65. The molecule has 0 saturated heterocycles. The molecule has 0 fully saturated rings. The zero-order chi connectivity index (χ0) is 18.7. The van der Waals surface area contributed by atoms with Gasteiger partial charge < -0.3 is 5.32 Å². The molecule has 1 aromatic heterocycles. The summed E-state index contributed by atoms with van der Waals surface area (Å²) < 4.78 is 61.3. The third-order valence-corrected chi connectivity index (χ3v) is 4.52. The summed E-state index contributed by atoms with van der Waals surface area (Å²) in [5.41, 5.74) is 0.489. The lowest BCUT2D eigenvalue weighted by Gasteiger charge is -2.10. The van der Waals surface area contributed by atoms with Crippen LogP contribution in [0.4, 0.5) is 18.9 Å². The zero-order valence-corrected chi connectivity index (χ0v) is 13.9. The first-order valence-corrected chi connectivity index (χ1v) is 8.52. The van der Waals surface area contributed by atoms with Crippen LogP contribution in [-0.4, -0.2) is 32.0 Å². The van der Waals surface area contributed by atoms with Crippen LogP contribution in [-0.2, 0) is 10.0 Å². The van der Waals surface area contributed by atoms with Crippen LogP contribution in [0.3, 0.4) is 0 Å². The average molecular weight is 394 g/mol. The van der Waals surface area contributed by atoms with E-state index in [1.54, 1.807) is 0 Å². The SMILES string of the molecule is O=C(Nc1ccc(S(=O)(=O)NCC(F)(F)F)cc1)c1ccc(Cl)nc1. The van der Waals surface area contributed by atoms with Gasteiger partial charge in [0.05, 0.1) is 10.5 Å². The number of alkyl halides is 3. The van der Waals surface area contributed by atoms with Gasteiger partial charge in [0, 0.05) is 11.9 Å². The van der Waals surface area contributed by atoms with Crippen molar-refractivity contribution in [1.29, 1.82) is 0 Å². The lowest BCUT2D eigenvalue weighted by atomic mass is 10.2. The molecule has 0 aliphatic rings. The van der Waals surface area contributed by atoms with E-state index in [1.807, 2.05) is 0 Å². The summed E-state index contributed by atoms with van der Waals surface area (Å²) in [5.74, 6) is -0.505. The summed E-state index contributed by atoms with van der Waals surface area (Å²) >= 11 is 5.61. The number of hydrogen-bond acceptors (Lipinski definition) is 4. The molecule has 1 aromatic carbocycles. The topological polar surface area (TPSA) is 88.2 Å². The summed E-state index contributed by atoms with van der Waals surface area (Å²) in [6, 6.07) is 7.54. The standard InChI is InChI=1S/C14H11ClF3N3O3S/c15-12-6-1-9(7-19-12)13(22)21-10-2-4-11(5-3-10)25(23,24)20-8-14(16,17)18/h1-7,20H,8H2,(H,21,22). The fraction of sp³-hybridized carbons (Fsp3) is 0.143. The number of sulfonamides is 1. The number of benzene rings is 1. The van der Waals surface area contributed by atoms with E-state index < -0.39 is 28.7 Å². The highest BCUT2D eigenvalue weighted by Crippen LogP contribution is 2.17. The van der Waals surface area contributed by atoms with Crippen molar-refractivity contribution in [3.8, 4) is 0 Å². The van der Waals surface area contributed by atoms with Crippen LogP contribution in [0.5, 0.6) is 0 Å². The highest BCUT2D eigenvalue weighted by Gasteiger charge is 2.30. The first-order chi connectivity index (χ1) is 11.6. The van der Waals surface area contributed by atoms with Crippen molar-refractivity contribution < 1.29 is 26.4 Å². The molecule has 0 atom stereocenters. The molecule has 1 heterocycles. The lowest BCUT2D eigenvalue weighted by molar-refractivity contribution is -0.121. The monoisotopic (exact) mass is 393 g/mol. The summed E-state index contributed by atoms with van der Waals surface area (Å²) in [7, 11) is -4.30. The van der Waals surface area contributed by atoms with Crippen LogP contribution >= 0.6 is 11.6 Å². The van der Waals surface area contributed by atoms with Crippen molar-refractivity contribution in [3.05, 3.63) is 53.3 Å². The molecule has 0 aliphatic carbocycles. The molecule has 0 unspecified atom stereocenters. The minimum absolute atomic E-state index is 0.220. The second-order valence-corrected chi connectivity index (χ2v) is 6.94. The minimum Gasteiger partial charge on any atom is -0.322 e. The van der Waals surface area contributed by atoms with E-state index in [4.69, 9.17) is 11.6 Å². The Labute approximate surface area is 146 Å². The van der Waals surface area contributed by atoms with Crippen molar-refractivity contribution in [2.45, 2.75) is 11.1 Å². The van der Waals surface area contributed by atoms with E-state index >= 15 is 0 Å². The highest BCUT2D eigenvalue weighted by atomic mass is 35.5. The molecule has 2 N–H and O–H groups in total. The number of anilines is 1. The molecule has 0 bridgehead atoms. The second kappa shape index (κ2) is 7.38. The molecule has 0 spiro atoms. The van der Waals surface area contributed by atoms with Gasteiger partial charge in [-0.15, -0.1) is 0 Å². The van der Waals surface area contributed by atoms with E-state index in [0.29, 0.717) is 0 Å². The maximum Gasteiger partial charge on any atom is 0.402 e. The molecule has 1 amide bonds. The first kappa shape index (κ1) is 19.2. The quantitative estimate of drug-likeness (QED) is 0.764. The summed E-state index contributed by atoms with van der Waals surface area (Å²) in [6.45, 7) is -1.67. The predicted octanol–water partition coefficient (Wildman–Crippen LogP) is 2.83. The number of nitrogens with one attached hydrogen (secondary N) is 2. The number of halogens is 4. The molecular formula is C14H11ClF3N3O3S. The third kappa shape index (κ3) is 5.69. The van der Waals surface area contributed by atoms with Crippen molar-refractivity contribution in [3.63, 3.8) is 0 Å². The molecule has 2 aromatic rings. The Morgan fingerprint density at radius 2 is 1.76 bits per heavy atom. The maximum atomic E-state index is 12.1. The van der Waals surface area contributed by atoms with E-state index in [1.165, 1.54) is 35.2 Å². The fourth-order valence-electron chi connectivity index (χ4n) is 1.69. The minimum atomic E-state index is -4.66. The fourth-order valence-corrected chi connectivity index (χ4v) is 2.82. The summed E-state index contributed by atoms with van der Waals surface area (Å²) in [6.07, 6.45) is -3.40. The summed E-state index contributed by atoms with van der Waals surface area (Å²) in [5, 5.41) is 2.72. The first-order valence-electron chi connectivity index (χ1n) is 6.66. The lowest BCUT2D eigenvalue weighted by Crippen LogP contribution is -2.33. The van der Waals surface area contributed by atoms with Gasteiger partial charge in [0.1, 0.15) is 11.7 Å². The molecule has 2 rings (SSSR count). The molecule has 0 radical (unpaired) electrons. The van der Waals surface area contributed by atoms with Crippen molar-refractivity contribution in [2.75, 3.05) is 11.9 Å². The Balaban J connectivity index is 2.06. The molecule has 0 saturated carbocycles. The van der Waals surface area contributed by atoms with Gasteiger partial charge in [-0.25, -0.2) is 18.1 Å². The van der Waals surface area contributed by atoms with E-state index in [-0.39, 0.29) is 21.3 Å². The Hall–Kier alpha value is -2.17. The van der Waals surface area contributed by atoms with Crippen LogP contribution in [0.2, 0.25) is 5.15 Å². The molecule has 6 nitrogen and oxygen atoms in total. The zero-order valence-electron chi connectivity index (χ0n) is 12.3. The Morgan fingerprint density at radius 3 is 2.28 bits per heavy atom. The maximum absolute atomic E-state index is 12.1. The number of rotatable bonds is 5. The van der Waals surface area contributed by atoms with Gasteiger partial charge in [0.25, 0.3) is 5.91 Å². The summed E-state index contributed by atoms with van der Waals surface area (Å²) in [4.78, 5) is 15.4. The van der Waals surface area contributed by atoms with E-state index in [9.17, 15) is 26.4 Å². The van der Waals surface area contributed by atoms with Crippen LogP contribution in [0.1, 0.15) is 10.4 Å². The van der Waals surface area contributed by atoms with Gasteiger partial charge in [0.15, 0.2) is 0 Å². The van der Waals surface area contributed by atoms with Crippen molar-refractivity contribution in [2.24, 2.45) is 0 Å². The van der Waals surface area contributed by atoms with E-state index in [0.717, 1.165) is 12.1 Å². The molecule has 11 heteroatoms. The number of aromatic nitrogens is 1. The number of carbonyl (C=O) groups excluding carboxylic acids is 1. The number of hydrogen-bond donors (Lipinski definition) is 2. The van der Waals surface area contributed by atoms with Gasteiger partial charge >= 0.3 is 6.18 Å². The molecule has 134 valence electrons. The van der Waals surface area contributed by atoms with Gasteiger partial charge in [-0.3, -0.25) is 4.79 Å². The van der Waals surface area contributed by atoms with Crippen LogP contribution in [0.25, 0.3) is 0 Å². The number of amides is 1. The Bertz CT molecular complexity index is 854. The average Bonchev–Trinajstić information content (AvgIpc) is 2.53. The Morgan fingerprint density at radius 1 is 1.12 bits per heavy atom. The van der Waals surface area contributed by atoms with Crippen molar-refractivity contribution in [1.82, 2.24) is 9.71 Å². The smallest absolute Gasteiger partial charge is 0.322 e. The number of nitrogens with zero attached hydrogens (tertiary/aromatic N) is 1. The second-order valence-electron chi connectivity index (χ2n) is 4.79. The van der Waals surface area contributed by atoms with Crippen LogP contribution in [0.15, 0.2) is 47.5 Å². The van der Waals surface area contributed by atoms with Gasteiger partial charge in [0.2, 0.25) is 10.0 Å². The van der Waals surface area contributed by atoms with Gasteiger partial charge in [-0.1, -0.05) is 11.6 Å². The van der Waals surface area contributed by atoms with E-state index in [2.05, 4.69) is 10.3 Å². The largest absolute Gasteiger partial charge is 0.402 e. The van der Waals surface area contributed by atoms with Crippen LogP contribution in [0, 0.1) is 0 Å². The molecule has 0 aliphatic heterocycles. The number of carbonyl (C=O) groups is 1. The third-order valence-electron chi connectivity index (χ3n) is 2.87. The molecule has 25 heavy (non-hydrogen) atoms.